The number of nitrogens with zero attached hydrogens (tertiary/aromatic N) is 2. The van der Waals surface area contributed by atoms with Crippen molar-refractivity contribution in [3.8, 4) is 0 Å². The Bertz CT molecular complexity index is 1940. The molecule has 5 aliphatic rings. The van der Waals surface area contributed by atoms with E-state index in [4.69, 9.17) is 11.6 Å². The second-order valence-electron chi connectivity index (χ2n) is 23.5. The van der Waals surface area contributed by atoms with E-state index in [9.17, 15) is 28.8 Å². The zero-order valence-electron chi connectivity index (χ0n) is 44.5. The lowest BCUT2D eigenvalue weighted by Gasteiger charge is -2.33. The lowest BCUT2D eigenvalue weighted by molar-refractivity contribution is -0.142. The molecule has 5 aliphatic carbocycles. The van der Waals surface area contributed by atoms with Crippen molar-refractivity contribution in [1.82, 2.24) is 20.4 Å². The smallest absolute Gasteiger partial charge is 0.224 e. The summed E-state index contributed by atoms with van der Waals surface area (Å²) in [6.45, 7) is 34.8. The van der Waals surface area contributed by atoms with E-state index in [-0.39, 0.29) is 62.0 Å². The molecule has 0 bridgehead atoms. The van der Waals surface area contributed by atoms with Gasteiger partial charge in [-0.2, -0.15) is 10.2 Å². The second kappa shape index (κ2) is 25.4. The number of carbonyl (C=O) groups excluding carboxylic acids is 6. The fraction of sp³-hybridized carbons (Fsp3) is 0.782. The minimum atomic E-state index is -0.321. The fourth-order valence-electron chi connectivity index (χ4n) is 9.34. The van der Waals surface area contributed by atoms with Gasteiger partial charge in [0.25, 0.3) is 0 Å². The number of H-pyrrole nitrogens is 2. The summed E-state index contributed by atoms with van der Waals surface area (Å²) >= 11 is 4.97. The second-order valence-corrected chi connectivity index (χ2v) is 23.9. The van der Waals surface area contributed by atoms with Crippen LogP contribution >= 0.6 is 11.6 Å². The molecule has 7 rings (SSSR count). The van der Waals surface area contributed by atoms with E-state index in [1.165, 1.54) is 49.1 Å². The van der Waals surface area contributed by atoms with Gasteiger partial charge in [0.05, 0.1) is 22.9 Å². The van der Waals surface area contributed by atoms with Crippen molar-refractivity contribution in [2.45, 2.75) is 243 Å². The van der Waals surface area contributed by atoms with Gasteiger partial charge in [0.15, 0.2) is 5.78 Å². The third-order valence-corrected chi connectivity index (χ3v) is 14.8. The highest BCUT2D eigenvalue weighted by atomic mass is 35.5. The first-order chi connectivity index (χ1) is 30.4. The summed E-state index contributed by atoms with van der Waals surface area (Å²) in [5.41, 5.74) is 7.01. The van der Waals surface area contributed by atoms with Gasteiger partial charge in [-0.05, 0) is 93.2 Å². The maximum Gasteiger partial charge on any atom is 0.224 e. The molecule has 2 unspecified atom stereocenters. The van der Waals surface area contributed by atoms with Crippen molar-refractivity contribution >= 4 is 45.8 Å². The topological polar surface area (TPSA) is 160 Å². The average molecular weight is 940 g/mol. The van der Waals surface area contributed by atoms with Crippen molar-refractivity contribution in [3.63, 3.8) is 0 Å². The van der Waals surface area contributed by atoms with Crippen LogP contribution in [0.4, 0.5) is 0 Å². The van der Waals surface area contributed by atoms with Gasteiger partial charge in [-0.15, -0.1) is 0 Å². The Morgan fingerprint density at radius 3 is 1.56 bits per heavy atom. The number of aromatic amines is 2. The van der Waals surface area contributed by atoms with Gasteiger partial charge < -0.3 is 0 Å². The van der Waals surface area contributed by atoms with E-state index in [1.54, 1.807) is 13.8 Å². The predicted molar refractivity (Wildman–Crippen MR) is 269 cm³/mol. The number of rotatable bonds is 5. The van der Waals surface area contributed by atoms with Crippen LogP contribution in [0.2, 0.25) is 0 Å². The van der Waals surface area contributed by atoms with Gasteiger partial charge in [-0.1, -0.05) is 137 Å². The Morgan fingerprint density at radius 2 is 1.09 bits per heavy atom. The average Bonchev–Trinajstić information content (AvgIpc) is 3.89. The number of halogens is 1. The van der Waals surface area contributed by atoms with Crippen LogP contribution in [0.1, 0.15) is 265 Å². The lowest BCUT2D eigenvalue weighted by Crippen LogP contribution is -2.40. The number of hydrogen-bond donors (Lipinski definition) is 2. The maximum atomic E-state index is 12.0. The SMILES string of the molecule is CC(C)C(=O)C1CCCC(C)(C)C1=O.CC(C)C(=O)Cl.CC(C)c1[nH]nc2c1C(=O)CCC2(C)C.CC(C)c1[nH]nc2c1CCCC2(C)C.CC1(C)CCCCC1=O.CC1CCCCC1=O. The molecular weight excluding hydrogens is 848 g/mol. The number of nitrogens with one attached hydrogen (secondary N) is 2. The predicted octanol–water partition coefficient (Wildman–Crippen LogP) is 13.9. The molecule has 0 radical (unpaired) electrons. The molecule has 2 aromatic heterocycles. The number of Topliss-reactive ketones (excluding diaryl/α,β-unsaturated/α-hetero) is 5. The van der Waals surface area contributed by atoms with E-state index in [0.29, 0.717) is 35.7 Å². The lowest BCUT2D eigenvalue weighted by atomic mass is 9.68. The summed E-state index contributed by atoms with van der Waals surface area (Å²) in [6.07, 6.45) is 16.6. The highest BCUT2D eigenvalue weighted by Gasteiger charge is 2.41. The Labute approximate surface area is 404 Å². The van der Waals surface area contributed by atoms with Crippen molar-refractivity contribution in [1.29, 1.82) is 0 Å². The first-order valence-corrected chi connectivity index (χ1v) is 25.8. The Hall–Kier alpha value is -3.27. The van der Waals surface area contributed by atoms with E-state index in [0.717, 1.165) is 81.2 Å². The van der Waals surface area contributed by atoms with Crippen LogP contribution in [0.5, 0.6) is 0 Å². The first kappa shape index (κ1) is 58.9. The molecule has 3 saturated carbocycles. The van der Waals surface area contributed by atoms with Crippen LogP contribution in [-0.4, -0.2) is 54.6 Å². The van der Waals surface area contributed by atoms with Crippen LogP contribution in [-0.2, 0) is 41.2 Å². The Balaban J connectivity index is 0.000000279. The molecule has 3 fully saturated rings. The summed E-state index contributed by atoms with van der Waals surface area (Å²) in [5, 5.41) is 14.8. The molecule has 0 aliphatic heterocycles. The molecular formula is C55H91ClN4O6. The standard InChI is InChI=1S/C12H18N2O.C12H20N2.C12H20O2.C8H14O.C7H12O.C4H7ClO/c1-7(2)10-9-8(15)5-6-12(3,4)11(9)14-13-10;1-8(2)10-9-6-5-7-12(3,4)11(9)14-13-10;1-8(2)10(13)9-6-5-7-12(3,4)11(9)14;1-8(2)6-4-3-5-7(8)9;1-6-4-2-3-5-7(6)8;1-3(2)4(5)6/h7H,5-6H2,1-4H3,(H,13,14);8H,5-7H2,1-4H3,(H,13,14);8-9H,5-7H2,1-4H3;3-6H2,1-2H3;6H,2-5H2,1H3;3H,1-2H3. The van der Waals surface area contributed by atoms with Crippen LogP contribution in [0, 0.1) is 34.5 Å². The molecule has 374 valence electrons. The molecule has 0 saturated heterocycles. The van der Waals surface area contributed by atoms with Crippen LogP contribution < -0.4 is 0 Å². The highest BCUT2D eigenvalue weighted by Crippen LogP contribution is 2.40. The number of fused-ring (bicyclic) bond motifs is 2. The third kappa shape index (κ3) is 16.8. The molecule has 2 atom stereocenters. The van der Waals surface area contributed by atoms with E-state index < -0.39 is 0 Å². The highest BCUT2D eigenvalue weighted by molar-refractivity contribution is 6.63. The van der Waals surface area contributed by atoms with E-state index in [1.807, 2.05) is 34.6 Å². The van der Waals surface area contributed by atoms with Crippen molar-refractivity contribution in [2.75, 3.05) is 0 Å². The summed E-state index contributed by atoms with van der Waals surface area (Å²) in [7, 11) is 0. The van der Waals surface area contributed by atoms with Gasteiger partial charge in [-0.3, -0.25) is 39.0 Å². The molecule has 66 heavy (non-hydrogen) atoms. The minimum Gasteiger partial charge on any atom is -0.299 e. The van der Waals surface area contributed by atoms with E-state index in [2.05, 4.69) is 89.6 Å². The molecule has 0 aromatic carbocycles. The van der Waals surface area contributed by atoms with Crippen LogP contribution in [0.25, 0.3) is 0 Å². The van der Waals surface area contributed by atoms with Crippen molar-refractivity contribution < 1.29 is 28.8 Å². The van der Waals surface area contributed by atoms with Gasteiger partial charge in [0, 0.05) is 70.1 Å². The van der Waals surface area contributed by atoms with Gasteiger partial charge in [0.2, 0.25) is 5.24 Å². The largest absolute Gasteiger partial charge is 0.299 e. The van der Waals surface area contributed by atoms with Gasteiger partial charge in [-0.25, -0.2) is 0 Å². The van der Waals surface area contributed by atoms with Crippen LogP contribution in [0.3, 0.4) is 0 Å². The summed E-state index contributed by atoms with van der Waals surface area (Å²) < 4.78 is 0. The molecule has 11 heteroatoms. The minimum absolute atomic E-state index is 0.00174. The van der Waals surface area contributed by atoms with E-state index >= 15 is 0 Å². The zero-order valence-corrected chi connectivity index (χ0v) is 45.3. The molecule has 2 N–H and O–H groups in total. The molecule has 0 amide bonds. The third-order valence-electron chi connectivity index (χ3n) is 14.3. The summed E-state index contributed by atoms with van der Waals surface area (Å²) in [4.78, 5) is 67.5. The van der Waals surface area contributed by atoms with Gasteiger partial charge >= 0.3 is 0 Å². The number of aromatic nitrogens is 4. The van der Waals surface area contributed by atoms with Crippen LogP contribution in [0.15, 0.2) is 0 Å². The van der Waals surface area contributed by atoms with Crippen molar-refractivity contribution in [2.24, 2.45) is 34.5 Å². The number of ketones is 5. The quantitative estimate of drug-likeness (QED) is 0.221. The zero-order chi connectivity index (χ0) is 50.5. The first-order valence-electron chi connectivity index (χ1n) is 25.4. The number of carbonyl (C=O) groups is 6. The summed E-state index contributed by atoms with van der Waals surface area (Å²) in [5.74, 6) is 2.36. The monoisotopic (exact) mass is 939 g/mol. The maximum absolute atomic E-state index is 12.0. The Kier molecular flexibility index (Phi) is 22.6. The van der Waals surface area contributed by atoms with Crippen molar-refractivity contribution in [3.05, 3.63) is 33.9 Å². The molecule has 2 aromatic rings. The summed E-state index contributed by atoms with van der Waals surface area (Å²) in [6, 6.07) is 0. The van der Waals surface area contributed by atoms with Gasteiger partial charge in [0.1, 0.15) is 23.1 Å². The normalized spacial score (nSPS) is 22.4. The molecule has 0 spiro atoms. The Morgan fingerprint density at radius 1 is 0.576 bits per heavy atom. The molecule has 2 heterocycles. The number of hydrogen-bond acceptors (Lipinski definition) is 8. The fourth-order valence-corrected chi connectivity index (χ4v) is 9.34. The molecule has 10 nitrogen and oxygen atoms in total.